The van der Waals surface area contributed by atoms with Gasteiger partial charge in [0.05, 0.1) is 34.5 Å². The molecule has 0 bridgehead atoms. The number of esters is 2. The predicted octanol–water partition coefficient (Wildman–Crippen LogP) is 6.43. The maximum atomic E-state index is 14.0. The molecule has 0 spiro atoms. The van der Waals surface area contributed by atoms with E-state index in [1.165, 1.54) is 14.2 Å². The number of anilines is 1. The van der Waals surface area contributed by atoms with E-state index in [2.05, 4.69) is 0 Å². The monoisotopic (exact) mass is 605 g/mol. The lowest BCUT2D eigenvalue weighted by atomic mass is 9.82. The van der Waals surface area contributed by atoms with E-state index in [4.69, 9.17) is 26.4 Å². The lowest BCUT2D eigenvalue weighted by Crippen LogP contribution is -2.57. The van der Waals surface area contributed by atoms with Crippen molar-refractivity contribution in [2.75, 3.05) is 25.7 Å². The van der Waals surface area contributed by atoms with E-state index in [-0.39, 0.29) is 22.3 Å². The fourth-order valence-electron chi connectivity index (χ4n) is 4.99. The van der Waals surface area contributed by atoms with E-state index in [1.54, 1.807) is 4.90 Å². The molecule has 2 aliphatic rings. The van der Waals surface area contributed by atoms with E-state index in [9.17, 15) is 14.4 Å². The summed E-state index contributed by atoms with van der Waals surface area (Å²) in [7, 11) is 2.52. The molecule has 2 heterocycles. The van der Waals surface area contributed by atoms with Gasteiger partial charge in [-0.1, -0.05) is 90.3 Å². The lowest BCUT2D eigenvalue weighted by Gasteiger charge is -2.45. The molecule has 0 saturated carbocycles. The van der Waals surface area contributed by atoms with Gasteiger partial charge in [-0.3, -0.25) is 9.69 Å². The van der Waals surface area contributed by atoms with Gasteiger partial charge in [0.25, 0.3) is 5.91 Å². The minimum absolute atomic E-state index is 0.142. The second-order valence-corrected chi connectivity index (χ2v) is 12.6. The zero-order valence-corrected chi connectivity index (χ0v) is 25.6. The highest BCUT2D eigenvalue weighted by Gasteiger charge is 2.46. The maximum absolute atomic E-state index is 14.0. The number of benzene rings is 3. The molecule has 0 saturated heterocycles. The first-order chi connectivity index (χ1) is 19.6. The summed E-state index contributed by atoms with van der Waals surface area (Å²) in [6, 6.07) is 19.3. The number of nitrogens with zero attached hydrogens (tertiary/aromatic N) is 1. The zero-order chi connectivity index (χ0) is 29.5. The number of carbonyl (C=O) groups is 3. The van der Waals surface area contributed by atoms with E-state index in [0.29, 0.717) is 26.1 Å². The molecule has 0 radical (unpaired) electrons. The summed E-state index contributed by atoms with van der Waals surface area (Å²) in [6.45, 7) is 5.52. The van der Waals surface area contributed by atoms with Gasteiger partial charge < -0.3 is 14.2 Å². The molecule has 3 aromatic carbocycles. The smallest absolute Gasteiger partial charge is 0.346 e. The van der Waals surface area contributed by atoms with Gasteiger partial charge in [0, 0.05) is 16.5 Å². The van der Waals surface area contributed by atoms with E-state index >= 15 is 0 Å². The number of hydrogen-bond acceptors (Lipinski definition) is 9. The van der Waals surface area contributed by atoms with Crippen molar-refractivity contribution in [3.8, 4) is 5.75 Å². The summed E-state index contributed by atoms with van der Waals surface area (Å²) in [5, 5.41) is 1.94. The second-order valence-electron chi connectivity index (χ2n) is 9.86. The number of rotatable bonds is 5. The molecule has 0 aliphatic carbocycles. The number of methoxy groups -OCH3 is 2. The SMILES string of the molecule is COC(=O)C1=C(C(=O)OC)SC(=C2C(=S)C(C)(C)N(C(=O)COc3cccc4ccccc34)c3c(C)cccc32)S1. The standard InChI is InChI=1S/C31H27NO6S3/c1-17-10-8-14-20-23(30-40-25(28(34)36-4)26(41-30)29(35)37-5)27(39)31(2,3)32(24(17)20)22(33)16-38-21-15-9-12-18-11-6-7-13-19(18)21/h6-15H,16H2,1-5H3. The topological polar surface area (TPSA) is 82.1 Å². The molecular weight excluding hydrogens is 579 g/mol. The fraction of sp³-hybridized carbons (Fsp3) is 0.226. The van der Waals surface area contributed by atoms with Crippen molar-refractivity contribution in [1.82, 2.24) is 0 Å². The summed E-state index contributed by atoms with van der Waals surface area (Å²) < 4.78 is 16.6. The van der Waals surface area contributed by atoms with Crippen molar-refractivity contribution in [1.29, 1.82) is 0 Å². The highest BCUT2D eigenvalue weighted by atomic mass is 32.2. The predicted molar refractivity (Wildman–Crippen MR) is 168 cm³/mol. The number of fused-ring (bicyclic) bond motifs is 2. The van der Waals surface area contributed by atoms with Crippen molar-refractivity contribution >= 4 is 80.5 Å². The van der Waals surface area contributed by atoms with Crippen LogP contribution in [-0.4, -0.2) is 49.1 Å². The van der Waals surface area contributed by atoms with Crippen molar-refractivity contribution < 1.29 is 28.6 Å². The first-order valence-corrected chi connectivity index (χ1v) is 14.7. The molecule has 1 amide bonds. The number of thioether (sulfide) groups is 2. The van der Waals surface area contributed by atoms with Crippen molar-refractivity contribution in [2.24, 2.45) is 0 Å². The third kappa shape index (κ3) is 5.05. The molecule has 7 nitrogen and oxygen atoms in total. The van der Waals surface area contributed by atoms with Gasteiger partial charge in [0.2, 0.25) is 0 Å². The first-order valence-electron chi connectivity index (χ1n) is 12.7. The summed E-state index contributed by atoms with van der Waals surface area (Å²) in [4.78, 5) is 41.5. The van der Waals surface area contributed by atoms with Crippen molar-refractivity contribution in [3.05, 3.63) is 85.8 Å². The Morgan fingerprint density at radius 3 is 2.15 bits per heavy atom. The first kappa shape index (κ1) is 28.9. The average molecular weight is 606 g/mol. The van der Waals surface area contributed by atoms with Crippen LogP contribution in [-0.2, 0) is 23.9 Å². The number of thiocarbonyl (C=S) groups is 1. The Kier molecular flexibility index (Phi) is 8.00. The molecule has 210 valence electrons. The molecule has 0 atom stereocenters. The number of hydrogen-bond donors (Lipinski definition) is 0. The highest BCUT2D eigenvalue weighted by molar-refractivity contribution is 8.29. The van der Waals surface area contributed by atoms with Crippen LogP contribution in [0.1, 0.15) is 25.0 Å². The Hall–Kier alpha value is -3.60. The van der Waals surface area contributed by atoms with Crippen LogP contribution in [0, 0.1) is 6.92 Å². The van der Waals surface area contributed by atoms with Crippen LogP contribution in [0.4, 0.5) is 5.69 Å². The third-order valence-corrected chi connectivity index (χ3v) is 10.2. The minimum Gasteiger partial charge on any atom is -0.483 e. The zero-order valence-electron chi connectivity index (χ0n) is 23.1. The second kappa shape index (κ2) is 11.3. The Labute approximate surface area is 251 Å². The van der Waals surface area contributed by atoms with Crippen molar-refractivity contribution in [3.63, 3.8) is 0 Å². The minimum atomic E-state index is -0.934. The molecule has 5 rings (SSSR count). The van der Waals surface area contributed by atoms with Crippen LogP contribution in [0.3, 0.4) is 0 Å². The molecule has 41 heavy (non-hydrogen) atoms. The van der Waals surface area contributed by atoms with Crippen LogP contribution in [0.25, 0.3) is 16.3 Å². The van der Waals surface area contributed by atoms with Crippen LogP contribution < -0.4 is 9.64 Å². The molecule has 0 unspecified atom stereocenters. The molecule has 0 aromatic heterocycles. The third-order valence-electron chi connectivity index (χ3n) is 6.96. The van der Waals surface area contributed by atoms with Gasteiger partial charge in [-0.15, -0.1) is 0 Å². The summed E-state index contributed by atoms with van der Waals surface area (Å²) in [5.74, 6) is -0.893. The highest BCUT2D eigenvalue weighted by Crippen LogP contribution is 2.56. The summed E-state index contributed by atoms with van der Waals surface area (Å²) >= 11 is 8.30. The molecule has 3 aromatic rings. The van der Waals surface area contributed by atoms with Crippen molar-refractivity contribution in [2.45, 2.75) is 26.3 Å². The van der Waals surface area contributed by atoms with Gasteiger partial charge >= 0.3 is 11.9 Å². The molecular formula is C31H27NO6S3. The molecule has 10 heteroatoms. The summed E-state index contributed by atoms with van der Waals surface area (Å²) in [6.07, 6.45) is 0. The van der Waals surface area contributed by atoms with Crippen LogP contribution in [0.5, 0.6) is 5.75 Å². The van der Waals surface area contributed by atoms with Gasteiger partial charge in [-0.05, 0) is 37.8 Å². The molecule has 2 aliphatic heterocycles. The van der Waals surface area contributed by atoms with Crippen LogP contribution in [0.15, 0.2) is 74.7 Å². The number of para-hydroxylation sites is 1. The van der Waals surface area contributed by atoms with Crippen LogP contribution >= 0.6 is 35.7 Å². The van der Waals surface area contributed by atoms with Gasteiger partial charge in [-0.2, -0.15) is 0 Å². The van der Waals surface area contributed by atoms with E-state index in [0.717, 1.165) is 45.4 Å². The average Bonchev–Trinajstić information content (AvgIpc) is 3.41. The maximum Gasteiger partial charge on any atom is 0.346 e. The van der Waals surface area contributed by atoms with E-state index < -0.39 is 17.5 Å². The van der Waals surface area contributed by atoms with Gasteiger partial charge in [0.1, 0.15) is 15.6 Å². The summed E-state index contributed by atoms with van der Waals surface area (Å²) in [5.41, 5.74) is 2.07. The normalized spacial score (nSPS) is 16.1. The largest absolute Gasteiger partial charge is 0.483 e. The van der Waals surface area contributed by atoms with Crippen LogP contribution in [0.2, 0.25) is 0 Å². The Morgan fingerprint density at radius 2 is 1.49 bits per heavy atom. The van der Waals surface area contributed by atoms with Gasteiger partial charge in [0.15, 0.2) is 6.61 Å². The fourth-order valence-corrected chi connectivity index (χ4v) is 8.02. The lowest BCUT2D eigenvalue weighted by molar-refractivity contribution is -0.138. The number of carbonyl (C=O) groups excluding carboxylic acids is 3. The molecule has 0 fully saturated rings. The Morgan fingerprint density at radius 1 is 0.878 bits per heavy atom. The number of aryl methyl sites for hydroxylation is 1. The Balaban J connectivity index is 1.56. The van der Waals surface area contributed by atoms with Gasteiger partial charge in [-0.25, -0.2) is 9.59 Å². The Bertz CT molecular complexity index is 1650. The van der Waals surface area contributed by atoms with E-state index in [1.807, 2.05) is 81.4 Å². The molecule has 0 N–H and O–H groups in total. The number of amides is 1. The number of ether oxygens (including phenoxy) is 3. The quantitative estimate of drug-likeness (QED) is 0.186.